The third-order valence-corrected chi connectivity index (χ3v) is 5.40. The molecular formula is C19H31IN2O. The fraction of sp³-hybridized carbons (Fsp3) is 0.684. The van der Waals surface area contributed by atoms with Gasteiger partial charge in [-0.15, -0.1) is 0 Å². The number of hydrogen-bond acceptors (Lipinski definition) is 3. The fourth-order valence-electron chi connectivity index (χ4n) is 4.16. The van der Waals surface area contributed by atoms with Gasteiger partial charge in [0.05, 0.1) is 7.11 Å². The van der Waals surface area contributed by atoms with Crippen LogP contribution in [0.25, 0.3) is 0 Å². The van der Waals surface area contributed by atoms with Gasteiger partial charge in [0.2, 0.25) is 0 Å². The highest BCUT2D eigenvalue weighted by molar-refractivity contribution is 14.1. The molecule has 1 heterocycles. The van der Waals surface area contributed by atoms with Gasteiger partial charge in [-0.1, -0.05) is 60.1 Å². The zero-order chi connectivity index (χ0) is 16.7. The predicted octanol–water partition coefficient (Wildman–Crippen LogP) is 4.15. The van der Waals surface area contributed by atoms with Crippen LogP contribution in [0.5, 0.6) is 5.75 Å². The smallest absolute Gasteiger partial charge is 0.123 e. The van der Waals surface area contributed by atoms with E-state index in [2.05, 4.69) is 63.7 Å². The number of halogens is 1. The van der Waals surface area contributed by atoms with Crippen LogP contribution >= 0.6 is 22.6 Å². The van der Waals surface area contributed by atoms with Crippen LogP contribution in [-0.4, -0.2) is 55.1 Å². The average Bonchev–Trinajstić information content (AvgIpc) is 2.64. The summed E-state index contributed by atoms with van der Waals surface area (Å²) in [5, 5.41) is 0. The van der Waals surface area contributed by atoms with Gasteiger partial charge >= 0.3 is 0 Å². The van der Waals surface area contributed by atoms with Crippen molar-refractivity contribution in [2.45, 2.75) is 37.6 Å². The van der Waals surface area contributed by atoms with Crippen molar-refractivity contribution in [2.75, 3.05) is 45.3 Å². The van der Waals surface area contributed by atoms with E-state index in [9.17, 15) is 0 Å². The second-order valence-corrected chi connectivity index (χ2v) is 6.58. The van der Waals surface area contributed by atoms with Gasteiger partial charge in [-0.2, -0.15) is 0 Å². The number of piperazine rings is 1. The summed E-state index contributed by atoms with van der Waals surface area (Å²) in [6.07, 6.45) is 6.60. The molecule has 0 spiro atoms. The molecule has 0 unspecified atom stereocenters. The minimum absolute atomic E-state index is 0.201. The molecule has 3 nitrogen and oxygen atoms in total. The number of methoxy groups -OCH3 is 1. The molecule has 0 bridgehead atoms. The standard InChI is InChI=1S/C18H28N2O.CH3I/c1-19-12-14-20(15-13-19)18(10-6-3-7-11-18)16-8-4-5-9-17(16)21-2;1-2/h4-5,8-9H,3,6-7,10-15H2,1-2H3;1H3. The number of likely N-dealkylation sites (N-methyl/N-ethyl adjacent to an activating group) is 1. The van der Waals surface area contributed by atoms with Crippen molar-refractivity contribution >= 4 is 22.6 Å². The molecule has 3 rings (SSSR count). The Hall–Kier alpha value is -0.330. The van der Waals surface area contributed by atoms with Gasteiger partial charge in [-0.05, 0) is 30.9 Å². The van der Waals surface area contributed by atoms with Crippen LogP contribution in [0.3, 0.4) is 0 Å². The van der Waals surface area contributed by atoms with Crippen molar-refractivity contribution in [3.05, 3.63) is 29.8 Å². The van der Waals surface area contributed by atoms with Gasteiger partial charge in [0.15, 0.2) is 0 Å². The van der Waals surface area contributed by atoms with Crippen LogP contribution in [0.15, 0.2) is 24.3 Å². The summed E-state index contributed by atoms with van der Waals surface area (Å²) in [5.41, 5.74) is 1.61. The minimum Gasteiger partial charge on any atom is -0.496 e. The zero-order valence-electron chi connectivity index (χ0n) is 14.9. The first kappa shape index (κ1) is 19.0. The van der Waals surface area contributed by atoms with Crippen LogP contribution < -0.4 is 4.74 Å². The lowest BCUT2D eigenvalue weighted by atomic mass is 9.74. The zero-order valence-corrected chi connectivity index (χ0v) is 17.0. The van der Waals surface area contributed by atoms with E-state index in [1.54, 1.807) is 7.11 Å². The van der Waals surface area contributed by atoms with Crippen molar-refractivity contribution in [3.63, 3.8) is 0 Å². The van der Waals surface area contributed by atoms with Crippen LogP contribution in [0.4, 0.5) is 0 Å². The molecule has 4 heteroatoms. The maximum absolute atomic E-state index is 5.70. The van der Waals surface area contributed by atoms with E-state index in [0.29, 0.717) is 0 Å². The molecule has 2 aliphatic rings. The second kappa shape index (κ2) is 9.23. The van der Waals surface area contributed by atoms with Gasteiger partial charge in [-0.3, -0.25) is 4.90 Å². The van der Waals surface area contributed by atoms with E-state index in [4.69, 9.17) is 4.74 Å². The molecule has 130 valence electrons. The van der Waals surface area contributed by atoms with E-state index in [0.717, 1.165) is 5.75 Å². The molecule has 1 aliphatic heterocycles. The lowest BCUT2D eigenvalue weighted by molar-refractivity contribution is 0.00875. The Morgan fingerprint density at radius 2 is 1.57 bits per heavy atom. The maximum Gasteiger partial charge on any atom is 0.123 e. The van der Waals surface area contributed by atoms with Crippen molar-refractivity contribution in [1.29, 1.82) is 0 Å². The normalized spacial score (nSPS) is 22.1. The van der Waals surface area contributed by atoms with Gasteiger partial charge in [-0.25, -0.2) is 0 Å². The number of hydrogen-bond donors (Lipinski definition) is 0. The molecular weight excluding hydrogens is 399 g/mol. The highest BCUT2D eigenvalue weighted by atomic mass is 127. The Morgan fingerprint density at radius 1 is 0.957 bits per heavy atom. The Bertz CT molecular complexity index is 466. The third kappa shape index (κ3) is 4.20. The second-order valence-electron chi connectivity index (χ2n) is 6.58. The van der Waals surface area contributed by atoms with Gasteiger partial charge in [0, 0.05) is 37.3 Å². The molecule has 1 aliphatic carbocycles. The largest absolute Gasteiger partial charge is 0.496 e. The maximum atomic E-state index is 5.70. The molecule has 1 aromatic carbocycles. The summed E-state index contributed by atoms with van der Waals surface area (Å²) >= 11 is 2.15. The fourth-order valence-corrected chi connectivity index (χ4v) is 4.16. The lowest BCUT2D eigenvalue weighted by Crippen LogP contribution is -2.55. The molecule has 1 saturated heterocycles. The summed E-state index contributed by atoms with van der Waals surface area (Å²) in [7, 11) is 4.04. The van der Waals surface area contributed by atoms with E-state index >= 15 is 0 Å². The summed E-state index contributed by atoms with van der Waals surface area (Å²) in [4.78, 5) is 7.15. The van der Waals surface area contributed by atoms with Crippen molar-refractivity contribution in [1.82, 2.24) is 9.80 Å². The minimum atomic E-state index is 0.201. The Labute approximate surface area is 155 Å². The number of benzene rings is 1. The number of nitrogens with zero attached hydrogens (tertiary/aromatic N) is 2. The summed E-state index contributed by atoms with van der Waals surface area (Å²) in [5.74, 6) is 1.07. The van der Waals surface area contributed by atoms with Crippen LogP contribution in [-0.2, 0) is 5.54 Å². The molecule has 23 heavy (non-hydrogen) atoms. The summed E-state index contributed by atoms with van der Waals surface area (Å²) in [6, 6.07) is 8.68. The lowest BCUT2D eigenvalue weighted by Gasteiger charge is -2.50. The molecule has 2 fully saturated rings. The van der Waals surface area contributed by atoms with Crippen molar-refractivity contribution in [2.24, 2.45) is 0 Å². The topological polar surface area (TPSA) is 15.7 Å². The van der Waals surface area contributed by atoms with Crippen LogP contribution in [0.2, 0.25) is 0 Å². The van der Waals surface area contributed by atoms with Gasteiger partial charge < -0.3 is 9.64 Å². The highest BCUT2D eigenvalue weighted by Gasteiger charge is 2.42. The first-order valence-corrected chi connectivity index (χ1v) is 10.9. The molecule has 0 N–H and O–H groups in total. The highest BCUT2D eigenvalue weighted by Crippen LogP contribution is 2.45. The first-order valence-electron chi connectivity index (χ1n) is 8.71. The van der Waals surface area contributed by atoms with E-state index in [1.165, 1.54) is 63.8 Å². The Balaban J connectivity index is 0.000000924. The monoisotopic (exact) mass is 430 g/mol. The van der Waals surface area contributed by atoms with Crippen LogP contribution in [0.1, 0.15) is 37.7 Å². The first-order chi connectivity index (χ1) is 11.3. The average molecular weight is 430 g/mol. The van der Waals surface area contributed by atoms with Crippen molar-refractivity contribution in [3.8, 4) is 5.75 Å². The van der Waals surface area contributed by atoms with Crippen LogP contribution in [0, 0.1) is 0 Å². The molecule has 0 aromatic heterocycles. The molecule has 1 saturated carbocycles. The quantitative estimate of drug-likeness (QED) is 0.529. The van der Waals surface area contributed by atoms with Crippen molar-refractivity contribution < 1.29 is 4.74 Å². The predicted molar refractivity (Wildman–Crippen MR) is 107 cm³/mol. The summed E-state index contributed by atoms with van der Waals surface area (Å²) in [6.45, 7) is 4.71. The third-order valence-electron chi connectivity index (χ3n) is 5.40. The number of ether oxygens (including phenoxy) is 1. The van der Waals surface area contributed by atoms with Gasteiger partial charge in [0.1, 0.15) is 5.75 Å². The number of alkyl halides is 1. The van der Waals surface area contributed by atoms with Gasteiger partial charge in [0.25, 0.3) is 0 Å². The molecule has 0 amide bonds. The molecule has 1 aromatic rings. The van der Waals surface area contributed by atoms with E-state index < -0.39 is 0 Å². The SMILES string of the molecule is CI.COc1ccccc1C1(N2CCN(C)CC2)CCCCC1. The summed E-state index contributed by atoms with van der Waals surface area (Å²) < 4.78 is 5.70. The Morgan fingerprint density at radius 3 is 2.17 bits per heavy atom. The molecule has 0 atom stereocenters. The van der Waals surface area contributed by atoms with E-state index in [-0.39, 0.29) is 5.54 Å². The van der Waals surface area contributed by atoms with E-state index in [1.807, 2.05) is 4.93 Å². The number of rotatable bonds is 3. The number of para-hydroxylation sites is 1. The Kier molecular flexibility index (Phi) is 7.63. The molecule has 0 radical (unpaired) electrons.